The molecular weight excluding hydrogens is 389 g/mol. The Morgan fingerprint density at radius 2 is 1.97 bits per heavy atom. The van der Waals surface area contributed by atoms with Crippen molar-refractivity contribution in [1.82, 2.24) is 4.90 Å². The Morgan fingerprint density at radius 3 is 2.66 bits per heavy atom. The molecule has 29 heavy (non-hydrogen) atoms. The van der Waals surface area contributed by atoms with Crippen molar-refractivity contribution in [1.29, 1.82) is 0 Å². The molecule has 2 saturated heterocycles. The number of esters is 1. The van der Waals surface area contributed by atoms with Crippen molar-refractivity contribution in [2.75, 3.05) is 31.1 Å². The molecule has 2 aliphatic rings. The van der Waals surface area contributed by atoms with E-state index in [0.717, 1.165) is 12.1 Å². The number of anilines is 1. The molecule has 0 aromatic heterocycles. The highest BCUT2D eigenvalue weighted by atomic mass is 19.4. The van der Waals surface area contributed by atoms with E-state index in [-0.39, 0.29) is 55.5 Å². The molecular formula is C20H23F3N2O4. The fourth-order valence-electron chi connectivity index (χ4n) is 3.86. The number of ether oxygens (including phenoxy) is 1. The highest BCUT2D eigenvalue weighted by molar-refractivity contribution is 6.00. The number of carbonyl (C=O) groups is 3. The Morgan fingerprint density at radius 1 is 1.21 bits per heavy atom. The van der Waals surface area contributed by atoms with Crippen LogP contribution in [0, 0.1) is 11.8 Å². The van der Waals surface area contributed by atoms with Gasteiger partial charge < -0.3 is 14.5 Å². The minimum atomic E-state index is -4.51. The molecule has 2 fully saturated rings. The zero-order valence-electron chi connectivity index (χ0n) is 16.1. The lowest BCUT2D eigenvalue weighted by atomic mass is 9.96. The molecule has 158 valence electrons. The van der Waals surface area contributed by atoms with E-state index in [9.17, 15) is 27.6 Å². The van der Waals surface area contributed by atoms with E-state index in [1.54, 1.807) is 11.8 Å². The average Bonchev–Trinajstić information content (AvgIpc) is 3.09. The molecule has 9 heteroatoms. The standard InChI is InChI=1S/C20H23F3N2O4/c1-2-29-19(28)13-5-4-8-24(11-13)18(27)14-9-17(26)25(12-14)16-7-3-6-15(10-16)20(21,22)23/h3,6-7,10,13-14H,2,4-5,8-9,11-12H2,1H3. The van der Waals surface area contributed by atoms with Crippen LogP contribution >= 0.6 is 0 Å². The number of likely N-dealkylation sites (tertiary alicyclic amines) is 1. The fraction of sp³-hybridized carbons (Fsp3) is 0.550. The third kappa shape index (κ3) is 4.71. The summed E-state index contributed by atoms with van der Waals surface area (Å²) in [4.78, 5) is 40.1. The number of carbonyl (C=O) groups excluding carboxylic acids is 3. The van der Waals surface area contributed by atoms with Gasteiger partial charge in [0.1, 0.15) is 0 Å². The highest BCUT2D eigenvalue weighted by Crippen LogP contribution is 2.34. The third-order valence-corrected chi connectivity index (χ3v) is 5.31. The number of halogens is 3. The summed E-state index contributed by atoms with van der Waals surface area (Å²) in [6.45, 7) is 2.75. The van der Waals surface area contributed by atoms with Crippen molar-refractivity contribution in [2.24, 2.45) is 11.8 Å². The second-order valence-electron chi connectivity index (χ2n) is 7.33. The molecule has 0 saturated carbocycles. The van der Waals surface area contributed by atoms with Gasteiger partial charge in [-0.2, -0.15) is 13.2 Å². The molecule has 2 amide bonds. The minimum Gasteiger partial charge on any atom is -0.466 e. The number of hydrogen-bond acceptors (Lipinski definition) is 4. The number of amides is 2. The summed E-state index contributed by atoms with van der Waals surface area (Å²) in [6.07, 6.45) is -3.27. The van der Waals surface area contributed by atoms with Crippen molar-refractivity contribution in [3.05, 3.63) is 29.8 Å². The molecule has 1 aromatic rings. The Hall–Kier alpha value is -2.58. The van der Waals surface area contributed by atoms with Crippen molar-refractivity contribution < 1.29 is 32.3 Å². The number of piperidine rings is 1. The molecule has 1 aromatic carbocycles. The van der Waals surface area contributed by atoms with Crippen LogP contribution in [-0.4, -0.2) is 48.9 Å². The van der Waals surface area contributed by atoms with Crippen molar-refractivity contribution in [3.8, 4) is 0 Å². The summed E-state index contributed by atoms with van der Waals surface area (Å²) in [6, 6.07) is 4.53. The lowest BCUT2D eigenvalue weighted by Crippen LogP contribution is -2.45. The first-order valence-corrected chi connectivity index (χ1v) is 9.63. The molecule has 2 unspecified atom stereocenters. The Labute approximate surface area is 166 Å². The lowest BCUT2D eigenvalue weighted by Gasteiger charge is -2.33. The molecule has 2 aliphatic heterocycles. The van der Waals surface area contributed by atoms with Gasteiger partial charge in [0, 0.05) is 31.7 Å². The van der Waals surface area contributed by atoms with Crippen molar-refractivity contribution in [3.63, 3.8) is 0 Å². The second kappa shape index (κ2) is 8.42. The molecule has 0 aliphatic carbocycles. The van der Waals surface area contributed by atoms with E-state index >= 15 is 0 Å². The van der Waals surface area contributed by atoms with Crippen LogP contribution in [0.5, 0.6) is 0 Å². The van der Waals surface area contributed by atoms with E-state index in [0.29, 0.717) is 19.4 Å². The van der Waals surface area contributed by atoms with Crippen LogP contribution in [0.25, 0.3) is 0 Å². The van der Waals surface area contributed by atoms with E-state index < -0.39 is 17.7 Å². The molecule has 6 nitrogen and oxygen atoms in total. The Bertz CT molecular complexity index is 796. The van der Waals surface area contributed by atoms with E-state index in [4.69, 9.17) is 4.74 Å². The number of nitrogens with zero attached hydrogens (tertiary/aromatic N) is 2. The van der Waals surface area contributed by atoms with Gasteiger partial charge >= 0.3 is 12.1 Å². The average molecular weight is 412 g/mol. The summed E-state index contributed by atoms with van der Waals surface area (Å²) in [7, 11) is 0. The molecule has 2 atom stereocenters. The normalized spacial score (nSPS) is 22.7. The van der Waals surface area contributed by atoms with Gasteiger partial charge in [0.15, 0.2) is 0 Å². The maximum atomic E-state index is 13.0. The van der Waals surface area contributed by atoms with Crippen LogP contribution in [-0.2, 0) is 25.3 Å². The molecule has 0 spiro atoms. The van der Waals surface area contributed by atoms with Crippen LogP contribution in [0.15, 0.2) is 24.3 Å². The topological polar surface area (TPSA) is 66.9 Å². The first-order valence-electron chi connectivity index (χ1n) is 9.63. The van der Waals surface area contributed by atoms with Gasteiger partial charge in [0.05, 0.1) is 24.0 Å². The third-order valence-electron chi connectivity index (χ3n) is 5.31. The van der Waals surface area contributed by atoms with E-state index in [1.165, 1.54) is 17.0 Å². The van der Waals surface area contributed by atoms with Crippen LogP contribution in [0.2, 0.25) is 0 Å². The zero-order chi connectivity index (χ0) is 21.2. The van der Waals surface area contributed by atoms with Gasteiger partial charge in [-0.25, -0.2) is 0 Å². The zero-order valence-corrected chi connectivity index (χ0v) is 16.1. The summed E-state index contributed by atoms with van der Waals surface area (Å²) in [5.74, 6) is -2.00. The number of benzene rings is 1. The van der Waals surface area contributed by atoms with Gasteiger partial charge in [-0.05, 0) is 38.0 Å². The maximum absolute atomic E-state index is 13.0. The Kier molecular flexibility index (Phi) is 6.14. The number of hydrogen-bond donors (Lipinski definition) is 0. The second-order valence-corrected chi connectivity index (χ2v) is 7.33. The molecule has 0 radical (unpaired) electrons. The van der Waals surface area contributed by atoms with E-state index in [1.807, 2.05) is 0 Å². The summed E-state index contributed by atoms with van der Waals surface area (Å²) < 4.78 is 43.9. The van der Waals surface area contributed by atoms with Gasteiger partial charge in [-0.15, -0.1) is 0 Å². The molecule has 3 rings (SSSR count). The van der Waals surface area contributed by atoms with Gasteiger partial charge in [-0.3, -0.25) is 14.4 Å². The minimum absolute atomic E-state index is 0.0273. The molecule has 0 N–H and O–H groups in total. The van der Waals surface area contributed by atoms with Gasteiger partial charge in [0.2, 0.25) is 11.8 Å². The Balaban J connectivity index is 1.68. The van der Waals surface area contributed by atoms with Crippen LogP contribution in [0.4, 0.5) is 18.9 Å². The van der Waals surface area contributed by atoms with Crippen LogP contribution < -0.4 is 4.90 Å². The smallest absolute Gasteiger partial charge is 0.416 e. The fourth-order valence-corrected chi connectivity index (χ4v) is 3.86. The van der Waals surface area contributed by atoms with E-state index in [2.05, 4.69) is 0 Å². The first kappa shape index (κ1) is 21.1. The van der Waals surface area contributed by atoms with Crippen LogP contribution in [0.3, 0.4) is 0 Å². The van der Waals surface area contributed by atoms with Gasteiger partial charge in [0.25, 0.3) is 0 Å². The monoisotopic (exact) mass is 412 g/mol. The summed E-state index contributed by atoms with van der Waals surface area (Å²) in [5.41, 5.74) is -0.714. The predicted molar refractivity (Wildman–Crippen MR) is 97.8 cm³/mol. The quantitative estimate of drug-likeness (QED) is 0.714. The SMILES string of the molecule is CCOC(=O)C1CCCN(C(=O)C2CC(=O)N(c3cccc(C(F)(F)F)c3)C2)C1. The lowest BCUT2D eigenvalue weighted by molar-refractivity contribution is -0.152. The number of rotatable bonds is 4. The van der Waals surface area contributed by atoms with Gasteiger partial charge in [-0.1, -0.05) is 6.07 Å². The first-order chi connectivity index (χ1) is 13.7. The number of alkyl halides is 3. The largest absolute Gasteiger partial charge is 0.466 e. The highest BCUT2D eigenvalue weighted by Gasteiger charge is 2.40. The predicted octanol–water partition coefficient (Wildman–Crippen LogP) is 2.86. The van der Waals surface area contributed by atoms with Crippen molar-refractivity contribution in [2.45, 2.75) is 32.4 Å². The summed E-state index contributed by atoms with van der Waals surface area (Å²) >= 11 is 0. The molecule has 0 bridgehead atoms. The summed E-state index contributed by atoms with van der Waals surface area (Å²) in [5, 5.41) is 0. The van der Waals surface area contributed by atoms with Crippen molar-refractivity contribution >= 4 is 23.5 Å². The van der Waals surface area contributed by atoms with Crippen LogP contribution in [0.1, 0.15) is 31.7 Å². The molecule has 2 heterocycles. The maximum Gasteiger partial charge on any atom is 0.416 e.